The molecule has 172 valence electrons. The molecule has 33 heavy (non-hydrogen) atoms. The van der Waals surface area contributed by atoms with Crippen LogP contribution < -0.4 is 10.4 Å². The Balaban J connectivity index is 1.49. The zero-order valence-electron chi connectivity index (χ0n) is 18.7. The molecule has 1 aromatic heterocycles. The Kier molecular flexibility index (Phi) is 5.14. The van der Waals surface area contributed by atoms with Gasteiger partial charge in [0, 0.05) is 18.6 Å². The molecule has 2 aromatic carbocycles. The van der Waals surface area contributed by atoms with Crippen LogP contribution in [0.15, 0.2) is 57.7 Å². The summed E-state index contributed by atoms with van der Waals surface area (Å²) in [7, 11) is 1.53. The number of ether oxygens (including phenoxy) is 5. The van der Waals surface area contributed by atoms with Crippen LogP contribution in [-0.2, 0) is 18.9 Å². The van der Waals surface area contributed by atoms with Gasteiger partial charge in [0.1, 0.15) is 17.4 Å². The van der Waals surface area contributed by atoms with Gasteiger partial charge >= 0.3 is 11.8 Å². The average molecular weight is 452 g/mol. The summed E-state index contributed by atoms with van der Waals surface area (Å²) in [6.07, 6.45) is -3.74. The maximum Gasteiger partial charge on any atom is 0.509 e. The molecule has 8 nitrogen and oxygen atoms in total. The third kappa shape index (κ3) is 3.65. The zero-order chi connectivity index (χ0) is 23.3. The third-order valence-corrected chi connectivity index (χ3v) is 6.17. The predicted octanol–water partition coefficient (Wildman–Crippen LogP) is 4.20. The van der Waals surface area contributed by atoms with Crippen LogP contribution in [0.3, 0.4) is 0 Å². The van der Waals surface area contributed by atoms with Gasteiger partial charge < -0.3 is 28.1 Å². The molecular formula is C25H24O8. The fourth-order valence-corrected chi connectivity index (χ4v) is 4.65. The molecule has 3 aromatic rings. The molecule has 0 N–H and O–H groups in total. The standard InChI is InChI=1S/C25H24O8/c1-13-16-11-10-15(12-17(16)30-22(26)18(13)14-8-6-5-7-9-14)29-23-20-19(31-24(27)32-20)21(28-4)25(2,3)33-23/h5-12,19-21,23H,1-4H3/t19-,20+,21?,23?/m1/s1. The number of carbonyl (C=O) groups is 1. The van der Waals surface area contributed by atoms with E-state index in [9.17, 15) is 9.59 Å². The SMILES string of the molecule is COC1[C@@H]2OC(=O)O[C@@H]2C(Oc2ccc3c(C)c(-c4ccccc4)c(=O)oc3c2)OC1(C)C. The Bertz CT molecular complexity index is 1260. The molecule has 0 radical (unpaired) electrons. The van der Waals surface area contributed by atoms with Crippen LogP contribution >= 0.6 is 0 Å². The first-order chi connectivity index (χ1) is 15.8. The minimum atomic E-state index is -0.934. The van der Waals surface area contributed by atoms with Crippen LogP contribution in [0.1, 0.15) is 19.4 Å². The molecule has 0 bridgehead atoms. The molecule has 3 heterocycles. The van der Waals surface area contributed by atoms with E-state index in [2.05, 4.69) is 0 Å². The van der Waals surface area contributed by atoms with Crippen molar-refractivity contribution in [2.45, 2.75) is 51.0 Å². The van der Waals surface area contributed by atoms with Gasteiger partial charge in [-0.3, -0.25) is 0 Å². The lowest BCUT2D eigenvalue weighted by Gasteiger charge is -2.45. The van der Waals surface area contributed by atoms with E-state index in [1.54, 1.807) is 12.1 Å². The monoisotopic (exact) mass is 452 g/mol. The molecule has 0 saturated carbocycles. The van der Waals surface area contributed by atoms with Crippen molar-refractivity contribution >= 4 is 17.1 Å². The first kappa shape index (κ1) is 21.5. The van der Waals surface area contributed by atoms with E-state index in [4.69, 9.17) is 28.1 Å². The van der Waals surface area contributed by atoms with E-state index < -0.39 is 42.0 Å². The van der Waals surface area contributed by atoms with Crippen LogP contribution in [0, 0.1) is 6.92 Å². The van der Waals surface area contributed by atoms with Crippen molar-refractivity contribution in [1.82, 2.24) is 0 Å². The molecule has 2 unspecified atom stereocenters. The number of fused-ring (bicyclic) bond motifs is 2. The average Bonchev–Trinajstić information content (AvgIpc) is 3.15. The molecule has 0 aliphatic carbocycles. The Morgan fingerprint density at radius 2 is 1.70 bits per heavy atom. The highest BCUT2D eigenvalue weighted by Gasteiger charge is 2.58. The Labute approximate surface area is 190 Å². The number of benzene rings is 2. The van der Waals surface area contributed by atoms with Gasteiger partial charge in [0.25, 0.3) is 0 Å². The highest BCUT2D eigenvalue weighted by Crippen LogP contribution is 2.39. The summed E-state index contributed by atoms with van der Waals surface area (Å²) < 4.78 is 33.9. The van der Waals surface area contributed by atoms with Gasteiger partial charge in [0.05, 0.1) is 11.2 Å². The highest BCUT2D eigenvalue weighted by atomic mass is 16.8. The summed E-state index contributed by atoms with van der Waals surface area (Å²) in [4.78, 5) is 24.6. The van der Waals surface area contributed by atoms with Gasteiger partial charge in [-0.05, 0) is 44.0 Å². The predicted molar refractivity (Wildman–Crippen MR) is 118 cm³/mol. The molecule has 2 aliphatic rings. The van der Waals surface area contributed by atoms with Gasteiger partial charge in [0.2, 0.25) is 12.4 Å². The minimum absolute atomic E-state index is 0.385. The van der Waals surface area contributed by atoms with Crippen LogP contribution in [0.25, 0.3) is 22.1 Å². The topological polar surface area (TPSA) is 93.4 Å². The summed E-state index contributed by atoms with van der Waals surface area (Å²) in [6, 6.07) is 14.6. The van der Waals surface area contributed by atoms with Crippen LogP contribution in [0.2, 0.25) is 0 Å². The Hall–Kier alpha value is -3.36. The second-order valence-electron chi connectivity index (χ2n) is 8.69. The van der Waals surface area contributed by atoms with E-state index in [0.717, 1.165) is 16.5 Å². The summed E-state index contributed by atoms with van der Waals surface area (Å²) in [5.74, 6) is 0.399. The second kappa shape index (κ2) is 7.90. The summed E-state index contributed by atoms with van der Waals surface area (Å²) >= 11 is 0. The molecule has 0 amide bonds. The van der Waals surface area contributed by atoms with E-state index in [0.29, 0.717) is 16.9 Å². The van der Waals surface area contributed by atoms with Crippen molar-refractivity contribution in [2.24, 2.45) is 0 Å². The minimum Gasteiger partial charge on any atom is -0.461 e. The van der Waals surface area contributed by atoms with Crippen LogP contribution in [0.5, 0.6) is 5.75 Å². The number of rotatable bonds is 4. The first-order valence-electron chi connectivity index (χ1n) is 10.7. The number of hydrogen-bond acceptors (Lipinski definition) is 8. The number of carbonyl (C=O) groups excluding carboxylic acids is 1. The number of hydrogen-bond donors (Lipinski definition) is 0. The fraction of sp³-hybridized carbons (Fsp3) is 0.360. The van der Waals surface area contributed by atoms with Crippen LogP contribution in [-0.4, -0.2) is 43.5 Å². The van der Waals surface area contributed by atoms with Gasteiger partial charge in [-0.2, -0.15) is 0 Å². The van der Waals surface area contributed by atoms with E-state index in [1.807, 2.05) is 57.2 Å². The summed E-state index contributed by atoms with van der Waals surface area (Å²) in [6.45, 7) is 5.54. The lowest BCUT2D eigenvalue weighted by Crippen LogP contribution is -2.62. The van der Waals surface area contributed by atoms with Gasteiger partial charge in [-0.15, -0.1) is 0 Å². The molecule has 8 heteroatoms. The van der Waals surface area contributed by atoms with Crippen molar-refractivity contribution in [3.05, 3.63) is 64.5 Å². The van der Waals surface area contributed by atoms with Crippen molar-refractivity contribution in [2.75, 3.05) is 7.11 Å². The zero-order valence-corrected chi connectivity index (χ0v) is 18.7. The quantitative estimate of drug-likeness (QED) is 0.430. The summed E-state index contributed by atoms with van der Waals surface area (Å²) in [5.41, 5.74) is 1.28. The van der Waals surface area contributed by atoms with E-state index >= 15 is 0 Å². The largest absolute Gasteiger partial charge is 0.509 e. The Morgan fingerprint density at radius 1 is 0.970 bits per heavy atom. The molecule has 2 fully saturated rings. The van der Waals surface area contributed by atoms with Crippen molar-refractivity contribution in [3.63, 3.8) is 0 Å². The lowest BCUT2D eigenvalue weighted by molar-refractivity contribution is -0.282. The molecular weight excluding hydrogens is 428 g/mol. The molecule has 5 rings (SSSR count). The van der Waals surface area contributed by atoms with E-state index in [-0.39, 0.29) is 0 Å². The molecule has 4 atom stereocenters. The lowest BCUT2D eigenvalue weighted by atomic mass is 9.89. The maximum absolute atomic E-state index is 12.8. The highest BCUT2D eigenvalue weighted by molar-refractivity contribution is 5.87. The van der Waals surface area contributed by atoms with Gasteiger partial charge in [-0.25, -0.2) is 9.59 Å². The molecule has 2 saturated heterocycles. The molecule has 2 aliphatic heterocycles. The second-order valence-corrected chi connectivity index (χ2v) is 8.69. The number of aryl methyl sites for hydroxylation is 1. The normalized spacial score (nSPS) is 25.9. The maximum atomic E-state index is 12.8. The Morgan fingerprint density at radius 3 is 2.42 bits per heavy atom. The number of methoxy groups -OCH3 is 1. The van der Waals surface area contributed by atoms with Crippen molar-refractivity contribution in [3.8, 4) is 16.9 Å². The van der Waals surface area contributed by atoms with Crippen LogP contribution in [0.4, 0.5) is 4.79 Å². The molecule has 0 spiro atoms. The van der Waals surface area contributed by atoms with Crippen molar-refractivity contribution < 1.29 is 32.9 Å². The fourth-order valence-electron chi connectivity index (χ4n) is 4.65. The summed E-state index contributed by atoms with van der Waals surface area (Å²) in [5, 5.41) is 0.790. The smallest absolute Gasteiger partial charge is 0.461 e. The van der Waals surface area contributed by atoms with Crippen molar-refractivity contribution in [1.29, 1.82) is 0 Å². The third-order valence-electron chi connectivity index (χ3n) is 6.17. The van der Waals surface area contributed by atoms with Gasteiger partial charge in [-0.1, -0.05) is 30.3 Å². The van der Waals surface area contributed by atoms with Gasteiger partial charge in [0.15, 0.2) is 6.10 Å². The first-order valence-corrected chi connectivity index (χ1v) is 10.7. The van der Waals surface area contributed by atoms with E-state index in [1.165, 1.54) is 7.11 Å².